The fraction of sp³-hybridized carbons (Fsp3) is 0.559. The predicted octanol–water partition coefficient (Wildman–Crippen LogP) is 7.92. The van der Waals surface area contributed by atoms with E-state index in [9.17, 15) is 41.0 Å². The molecule has 1 saturated heterocycles. The van der Waals surface area contributed by atoms with E-state index in [1.54, 1.807) is 13.0 Å². The van der Waals surface area contributed by atoms with Crippen molar-refractivity contribution in [1.29, 1.82) is 0 Å². The van der Waals surface area contributed by atoms with Crippen LogP contribution in [0.25, 0.3) is 11.0 Å². The normalized spacial score (nSPS) is 19.7. The van der Waals surface area contributed by atoms with Gasteiger partial charge in [0.05, 0.1) is 56.1 Å². The number of anilines is 3. The molecule has 0 unspecified atom stereocenters. The number of alkyl halides is 6. The van der Waals surface area contributed by atoms with Crippen molar-refractivity contribution in [3.63, 3.8) is 0 Å². The highest BCUT2D eigenvalue weighted by Gasteiger charge is 2.42. The maximum absolute atomic E-state index is 14.1. The third-order valence-corrected chi connectivity index (χ3v) is 10.3. The largest absolute Gasteiger partial charge is 0.391 e. The number of hydrogen-bond acceptors (Lipinski definition) is 6. The molecule has 17 heteroatoms. The average Bonchev–Trinajstić information content (AvgIpc) is 3.36. The van der Waals surface area contributed by atoms with E-state index in [0.29, 0.717) is 37.2 Å². The Kier molecular flexibility index (Phi) is 11.3. The van der Waals surface area contributed by atoms with E-state index in [4.69, 9.17) is 23.2 Å². The molecular weight excluding hydrogens is 725 g/mol. The highest BCUT2D eigenvalue weighted by molar-refractivity contribution is 6.39. The highest BCUT2D eigenvalue weighted by Crippen LogP contribution is 2.40. The summed E-state index contributed by atoms with van der Waals surface area (Å²) in [7, 11) is 0. The number of nitrogens with one attached hydrogen (secondary N) is 3. The minimum absolute atomic E-state index is 0.0245. The molecule has 1 aliphatic carbocycles. The van der Waals surface area contributed by atoms with Crippen LogP contribution in [-0.4, -0.2) is 69.5 Å². The second-order valence-electron chi connectivity index (χ2n) is 14.0. The standard InChI is InChI=1S/C34H40Cl2F6N6O3/c1-32(2,39)30(50)43-16-18-4-9-22(35)28(27(18)36)46-31-45-23-14-21(29(49)44-20-7-5-19(6-8-20)34(40,41)42)24(15-25(23)48(31)17-26(37)38)47-12-10-33(3,51)11-13-47/h4,9,14-15,19-20,26,51H,5-8,10-13,16-17H2,1-3H3,(H,43,50)(H,44,49)(H,45,46)/t19-,20-. The summed E-state index contributed by atoms with van der Waals surface area (Å²) in [4.78, 5) is 32.3. The summed E-state index contributed by atoms with van der Waals surface area (Å²) in [5.74, 6) is -2.93. The van der Waals surface area contributed by atoms with Crippen LogP contribution in [0.15, 0.2) is 24.3 Å². The van der Waals surface area contributed by atoms with Crippen molar-refractivity contribution in [3.8, 4) is 0 Å². The Bertz CT molecular complexity index is 1760. The van der Waals surface area contributed by atoms with Crippen LogP contribution in [0.3, 0.4) is 0 Å². The highest BCUT2D eigenvalue weighted by atomic mass is 35.5. The van der Waals surface area contributed by atoms with E-state index >= 15 is 0 Å². The van der Waals surface area contributed by atoms with Gasteiger partial charge in [-0.3, -0.25) is 9.59 Å². The van der Waals surface area contributed by atoms with Gasteiger partial charge >= 0.3 is 6.18 Å². The molecule has 1 saturated carbocycles. The van der Waals surface area contributed by atoms with Crippen LogP contribution in [0, 0.1) is 5.92 Å². The van der Waals surface area contributed by atoms with Gasteiger partial charge in [-0.05, 0) is 83.1 Å². The van der Waals surface area contributed by atoms with E-state index in [-0.39, 0.29) is 70.5 Å². The quantitative estimate of drug-likeness (QED) is 0.156. The van der Waals surface area contributed by atoms with Crippen LogP contribution >= 0.6 is 23.2 Å². The first kappa shape index (κ1) is 38.8. The third-order valence-electron chi connectivity index (χ3n) is 9.52. The van der Waals surface area contributed by atoms with Crippen LogP contribution in [0.5, 0.6) is 0 Å². The SMILES string of the molecule is CC1(O)CCN(c2cc3c(cc2C(=O)N[C@H]2CC[C@H](C(F)(F)F)CC2)nc(Nc2c(Cl)ccc(CNC(=O)C(C)(C)F)c2Cl)n3CC(F)F)CC1. The van der Waals surface area contributed by atoms with E-state index in [1.165, 1.54) is 22.8 Å². The number of carbonyl (C=O) groups excluding carboxylic acids is 2. The molecule has 280 valence electrons. The van der Waals surface area contributed by atoms with Crippen molar-refractivity contribution < 1.29 is 41.0 Å². The van der Waals surface area contributed by atoms with Gasteiger partial charge in [-0.15, -0.1) is 0 Å². The lowest BCUT2D eigenvalue weighted by Gasteiger charge is -2.38. The van der Waals surface area contributed by atoms with Crippen LogP contribution in [0.4, 0.5) is 43.7 Å². The minimum atomic E-state index is -4.30. The third kappa shape index (κ3) is 9.15. The number of nitrogens with zero attached hydrogens (tertiary/aromatic N) is 3. The first-order valence-electron chi connectivity index (χ1n) is 16.6. The fourth-order valence-corrected chi connectivity index (χ4v) is 6.96. The molecule has 2 amide bonds. The zero-order chi connectivity index (χ0) is 37.5. The summed E-state index contributed by atoms with van der Waals surface area (Å²) in [6, 6.07) is 5.51. The number of halogens is 8. The van der Waals surface area contributed by atoms with Gasteiger partial charge in [0, 0.05) is 25.7 Å². The Morgan fingerprint density at radius 2 is 1.71 bits per heavy atom. The van der Waals surface area contributed by atoms with Crippen LogP contribution < -0.4 is 20.9 Å². The lowest BCUT2D eigenvalue weighted by Crippen LogP contribution is -2.44. The Labute approximate surface area is 301 Å². The van der Waals surface area contributed by atoms with Crippen LogP contribution in [-0.2, 0) is 17.9 Å². The lowest BCUT2D eigenvalue weighted by atomic mass is 9.85. The second kappa shape index (κ2) is 14.9. The zero-order valence-electron chi connectivity index (χ0n) is 28.2. The Morgan fingerprint density at radius 3 is 2.29 bits per heavy atom. The first-order chi connectivity index (χ1) is 23.7. The minimum Gasteiger partial charge on any atom is -0.390 e. The molecule has 2 aliphatic rings. The Hall–Kier alpha value is -3.43. The average molecular weight is 766 g/mol. The van der Waals surface area contributed by atoms with E-state index in [1.807, 2.05) is 4.90 Å². The number of imidazole rings is 1. The maximum atomic E-state index is 14.1. The number of aromatic nitrogens is 2. The van der Waals surface area contributed by atoms with Crippen molar-refractivity contribution in [1.82, 2.24) is 20.2 Å². The number of carbonyl (C=O) groups is 2. The van der Waals surface area contributed by atoms with Gasteiger partial charge in [0.2, 0.25) is 5.95 Å². The Morgan fingerprint density at radius 1 is 1.06 bits per heavy atom. The molecule has 2 aromatic carbocycles. The molecule has 0 radical (unpaired) electrons. The second-order valence-corrected chi connectivity index (χ2v) is 14.8. The number of rotatable bonds is 10. The Balaban J connectivity index is 1.52. The van der Waals surface area contributed by atoms with Gasteiger partial charge in [0.1, 0.15) is 0 Å². The van der Waals surface area contributed by atoms with Gasteiger partial charge < -0.3 is 30.5 Å². The monoisotopic (exact) mass is 764 g/mol. The summed E-state index contributed by atoms with van der Waals surface area (Å²) in [5, 5.41) is 19.0. The molecule has 1 aliphatic heterocycles. The number of amides is 2. The van der Waals surface area contributed by atoms with Gasteiger partial charge in [0.15, 0.2) is 5.67 Å². The molecule has 9 nitrogen and oxygen atoms in total. The molecule has 3 aromatic rings. The summed E-state index contributed by atoms with van der Waals surface area (Å²) in [6.45, 7) is 3.63. The van der Waals surface area contributed by atoms with Crippen molar-refractivity contribution in [3.05, 3.63) is 45.4 Å². The van der Waals surface area contributed by atoms with E-state index in [0.717, 1.165) is 13.8 Å². The molecule has 2 heterocycles. The topological polar surface area (TPSA) is 112 Å². The zero-order valence-corrected chi connectivity index (χ0v) is 29.8. The van der Waals surface area contributed by atoms with Gasteiger partial charge in [-0.1, -0.05) is 29.3 Å². The van der Waals surface area contributed by atoms with Crippen molar-refractivity contribution in [2.75, 3.05) is 23.3 Å². The summed E-state index contributed by atoms with van der Waals surface area (Å²) in [5.41, 5.74) is -1.69. The maximum Gasteiger partial charge on any atom is 0.391 e. The molecule has 0 atom stereocenters. The number of hydrogen-bond donors (Lipinski definition) is 4. The van der Waals surface area contributed by atoms with Gasteiger partial charge in [-0.25, -0.2) is 18.2 Å². The number of aliphatic hydroxyl groups is 1. The molecule has 0 spiro atoms. The molecule has 1 aromatic heterocycles. The first-order valence-corrected chi connectivity index (χ1v) is 17.4. The van der Waals surface area contributed by atoms with Crippen LogP contribution in [0.2, 0.25) is 10.0 Å². The summed E-state index contributed by atoms with van der Waals surface area (Å²) in [6.07, 6.45) is -6.32. The van der Waals surface area contributed by atoms with Crippen molar-refractivity contribution in [2.24, 2.45) is 5.92 Å². The van der Waals surface area contributed by atoms with Crippen molar-refractivity contribution >= 4 is 63.4 Å². The molecule has 4 N–H and O–H groups in total. The van der Waals surface area contributed by atoms with Gasteiger partial charge in [0.25, 0.3) is 18.2 Å². The molecule has 5 rings (SSSR count). The van der Waals surface area contributed by atoms with Crippen LogP contribution in [0.1, 0.15) is 75.2 Å². The fourth-order valence-electron chi connectivity index (χ4n) is 6.42. The number of benzene rings is 2. The summed E-state index contributed by atoms with van der Waals surface area (Å²) < 4.78 is 83.2. The predicted molar refractivity (Wildman–Crippen MR) is 184 cm³/mol. The van der Waals surface area contributed by atoms with Gasteiger partial charge in [-0.2, -0.15) is 13.2 Å². The molecule has 51 heavy (non-hydrogen) atoms. The number of piperidine rings is 1. The van der Waals surface area contributed by atoms with Crippen molar-refractivity contribution in [2.45, 2.75) is 102 Å². The molecular formula is C34H40Cl2F6N6O3. The molecule has 2 fully saturated rings. The lowest BCUT2D eigenvalue weighted by molar-refractivity contribution is -0.182. The van der Waals surface area contributed by atoms with E-state index in [2.05, 4.69) is 20.9 Å². The molecule has 0 bridgehead atoms. The smallest absolute Gasteiger partial charge is 0.390 e. The van der Waals surface area contributed by atoms with E-state index < -0.39 is 54.2 Å². The summed E-state index contributed by atoms with van der Waals surface area (Å²) >= 11 is 13.1. The number of fused-ring (bicyclic) bond motifs is 1.